The summed E-state index contributed by atoms with van der Waals surface area (Å²) in [6.45, 7) is 3.21. The second-order valence-electron chi connectivity index (χ2n) is 6.07. The highest BCUT2D eigenvalue weighted by Crippen LogP contribution is 2.44. The Morgan fingerprint density at radius 1 is 1.12 bits per heavy atom. The number of fused-ring (bicyclic) bond motifs is 2. The molecule has 0 radical (unpaired) electrons. The third-order valence-corrected chi connectivity index (χ3v) is 5.01. The van der Waals surface area contributed by atoms with Crippen molar-refractivity contribution in [2.45, 2.75) is 70.1 Å². The molecule has 2 bridgehead atoms. The molecular formula is C14H25NO. The molecule has 0 aromatic rings. The molecule has 1 saturated heterocycles. The number of hydrogen-bond donors (Lipinski definition) is 1. The van der Waals surface area contributed by atoms with E-state index in [1.807, 2.05) is 0 Å². The third kappa shape index (κ3) is 2.14. The van der Waals surface area contributed by atoms with E-state index < -0.39 is 0 Å². The van der Waals surface area contributed by atoms with Crippen LogP contribution in [-0.4, -0.2) is 24.8 Å². The van der Waals surface area contributed by atoms with E-state index >= 15 is 0 Å². The molecule has 2 nitrogen and oxygen atoms in total. The summed E-state index contributed by atoms with van der Waals surface area (Å²) in [6.07, 6.45) is 10.1. The Morgan fingerprint density at radius 3 is 2.75 bits per heavy atom. The van der Waals surface area contributed by atoms with Gasteiger partial charge < -0.3 is 10.1 Å². The van der Waals surface area contributed by atoms with Crippen molar-refractivity contribution < 1.29 is 4.74 Å². The van der Waals surface area contributed by atoms with Crippen molar-refractivity contribution >= 4 is 0 Å². The molecule has 3 aliphatic rings. The van der Waals surface area contributed by atoms with Crippen molar-refractivity contribution in [1.29, 1.82) is 0 Å². The van der Waals surface area contributed by atoms with Crippen LogP contribution in [0.5, 0.6) is 0 Å². The minimum absolute atomic E-state index is 0.518. The Kier molecular flexibility index (Phi) is 3.21. The van der Waals surface area contributed by atoms with Gasteiger partial charge in [-0.15, -0.1) is 0 Å². The van der Waals surface area contributed by atoms with Crippen LogP contribution in [-0.2, 0) is 4.74 Å². The van der Waals surface area contributed by atoms with Crippen LogP contribution in [0.25, 0.3) is 0 Å². The fourth-order valence-corrected chi connectivity index (χ4v) is 4.07. The van der Waals surface area contributed by atoms with Gasteiger partial charge >= 0.3 is 0 Å². The van der Waals surface area contributed by atoms with Crippen molar-refractivity contribution in [1.82, 2.24) is 5.32 Å². The van der Waals surface area contributed by atoms with Gasteiger partial charge in [-0.1, -0.05) is 13.3 Å². The summed E-state index contributed by atoms with van der Waals surface area (Å²) in [4.78, 5) is 0. The molecule has 0 aromatic heterocycles. The first-order valence-electron chi connectivity index (χ1n) is 7.22. The SMILES string of the molecule is CCC1CC(NC2CC3CCC2C3)CCO1. The van der Waals surface area contributed by atoms with Gasteiger partial charge in [0.25, 0.3) is 0 Å². The largest absolute Gasteiger partial charge is 0.378 e. The summed E-state index contributed by atoms with van der Waals surface area (Å²) >= 11 is 0. The minimum atomic E-state index is 0.518. The van der Waals surface area contributed by atoms with Gasteiger partial charge in [-0.3, -0.25) is 0 Å². The van der Waals surface area contributed by atoms with Crippen molar-refractivity contribution in [2.24, 2.45) is 11.8 Å². The third-order valence-electron chi connectivity index (χ3n) is 5.01. The second-order valence-corrected chi connectivity index (χ2v) is 6.07. The Hall–Kier alpha value is -0.0800. The molecule has 2 aliphatic carbocycles. The van der Waals surface area contributed by atoms with E-state index in [-0.39, 0.29) is 0 Å². The highest BCUT2D eigenvalue weighted by molar-refractivity contribution is 4.95. The summed E-state index contributed by atoms with van der Waals surface area (Å²) in [5.74, 6) is 2.07. The van der Waals surface area contributed by atoms with E-state index in [2.05, 4.69) is 12.2 Å². The van der Waals surface area contributed by atoms with E-state index in [1.54, 1.807) is 0 Å². The molecule has 3 rings (SSSR count). The van der Waals surface area contributed by atoms with Gasteiger partial charge in [0.1, 0.15) is 0 Å². The van der Waals surface area contributed by atoms with Gasteiger partial charge in [0.05, 0.1) is 6.10 Å². The van der Waals surface area contributed by atoms with Crippen LogP contribution in [0.1, 0.15) is 51.9 Å². The summed E-state index contributed by atoms with van der Waals surface area (Å²) in [7, 11) is 0. The van der Waals surface area contributed by atoms with Crippen molar-refractivity contribution in [2.75, 3.05) is 6.61 Å². The van der Waals surface area contributed by atoms with Gasteiger partial charge in [-0.2, -0.15) is 0 Å². The molecule has 5 atom stereocenters. The highest BCUT2D eigenvalue weighted by atomic mass is 16.5. The first kappa shape index (κ1) is 11.0. The highest BCUT2D eigenvalue weighted by Gasteiger charge is 2.40. The summed E-state index contributed by atoms with van der Waals surface area (Å²) in [5, 5.41) is 3.93. The fraction of sp³-hybridized carbons (Fsp3) is 1.00. The van der Waals surface area contributed by atoms with Crippen molar-refractivity contribution in [3.63, 3.8) is 0 Å². The zero-order valence-corrected chi connectivity index (χ0v) is 10.5. The molecule has 0 amide bonds. The second kappa shape index (κ2) is 4.66. The van der Waals surface area contributed by atoms with E-state index in [9.17, 15) is 0 Å². The lowest BCUT2D eigenvalue weighted by Crippen LogP contribution is -2.45. The van der Waals surface area contributed by atoms with E-state index in [1.165, 1.54) is 44.9 Å². The van der Waals surface area contributed by atoms with Gasteiger partial charge in [0.15, 0.2) is 0 Å². The molecular weight excluding hydrogens is 198 g/mol. The molecule has 5 unspecified atom stereocenters. The predicted octanol–water partition coefficient (Wildman–Crippen LogP) is 2.72. The molecule has 16 heavy (non-hydrogen) atoms. The summed E-state index contributed by atoms with van der Waals surface area (Å²) < 4.78 is 5.74. The number of hydrogen-bond acceptors (Lipinski definition) is 2. The van der Waals surface area contributed by atoms with E-state index in [4.69, 9.17) is 4.74 Å². The Balaban J connectivity index is 1.51. The number of nitrogens with one attached hydrogen (secondary N) is 1. The number of ether oxygens (including phenoxy) is 1. The zero-order chi connectivity index (χ0) is 11.0. The average Bonchev–Trinajstić information content (AvgIpc) is 2.91. The van der Waals surface area contributed by atoms with E-state index in [0.29, 0.717) is 6.10 Å². The maximum atomic E-state index is 5.74. The van der Waals surface area contributed by atoms with Gasteiger partial charge in [0.2, 0.25) is 0 Å². The molecule has 1 heterocycles. The van der Waals surface area contributed by atoms with Gasteiger partial charge in [0, 0.05) is 18.7 Å². The van der Waals surface area contributed by atoms with Crippen LogP contribution in [0.2, 0.25) is 0 Å². The van der Waals surface area contributed by atoms with Crippen LogP contribution in [0.3, 0.4) is 0 Å². The summed E-state index contributed by atoms with van der Waals surface area (Å²) in [5.41, 5.74) is 0. The molecule has 1 aliphatic heterocycles. The lowest BCUT2D eigenvalue weighted by molar-refractivity contribution is -0.00315. The Morgan fingerprint density at radius 2 is 2.06 bits per heavy atom. The molecule has 2 heteroatoms. The molecule has 2 saturated carbocycles. The zero-order valence-electron chi connectivity index (χ0n) is 10.5. The minimum Gasteiger partial charge on any atom is -0.378 e. The molecule has 1 N–H and O–H groups in total. The molecule has 92 valence electrons. The summed E-state index contributed by atoms with van der Waals surface area (Å²) in [6, 6.07) is 1.59. The van der Waals surface area contributed by atoms with Crippen molar-refractivity contribution in [3.8, 4) is 0 Å². The van der Waals surface area contributed by atoms with Crippen LogP contribution in [0.15, 0.2) is 0 Å². The maximum Gasteiger partial charge on any atom is 0.0587 e. The molecule has 3 fully saturated rings. The lowest BCUT2D eigenvalue weighted by Gasteiger charge is -2.34. The molecule has 0 spiro atoms. The van der Waals surface area contributed by atoms with Gasteiger partial charge in [-0.05, 0) is 50.4 Å². The maximum absolute atomic E-state index is 5.74. The van der Waals surface area contributed by atoms with Gasteiger partial charge in [-0.25, -0.2) is 0 Å². The molecule has 0 aromatic carbocycles. The van der Waals surface area contributed by atoms with Crippen LogP contribution >= 0.6 is 0 Å². The number of rotatable bonds is 3. The Labute approximate surface area is 99.1 Å². The van der Waals surface area contributed by atoms with Crippen LogP contribution in [0, 0.1) is 11.8 Å². The van der Waals surface area contributed by atoms with Crippen LogP contribution in [0.4, 0.5) is 0 Å². The predicted molar refractivity (Wildman–Crippen MR) is 65.4 cm³/mol. The first-order valence-corrected chi connectivity index (χ1v) is 7.22. The topological polar surface area (TPSA) is 21.3 Å². The fourth-order valence-electron chi connectivity index (χ4n) is 4.07. The monoisotopic (exact) mass is 223 g/mol. The van der Waals surface area contributed by atoms with Crippen molar-refractivity contribution in [3.05, 3.63) is 0 Å². The standard InChI is InChI=1S/C14H25NO/c1-2-13-9-12(5-6-16-13)15-14-8-10-3-4-11(14)7-10/h10-15H,2-9H2,1H3. The van der Waals surface area contributed by atoms with E-state index in [0.717, 1.165) is 30.5 Å². The lowest BCUT2D eigenvalue weighted by atomic mass is 9.93. The van der Waals surface area contributed by atoms with Crippen LogP contribution < -0.4 is 5.32 Å². The Bertz CT molecular complexity index is 243. The quantitative estimate of drug-likeness (QED) is 0.794. The normalized spacial score (nSPS) is 47.4. The average molecular weight is 223 g/mol. The first-order chi connectivity index (χ1) is 7.85. The smallest absolute Gasteiger partial charge is 0.0587 e.